The van der Waals surface area contributed by atoms with Crippen molar-refractivity contribution in [1.29, 1.82) is 0 Å². The maximum atomic E-state index is 2.54. The number of hydrogen-bond donors (Lipinski definition) is 0. The summed E-state index contributed by atoms with van der Waals surface area (Å²) >= 11 is 0. The lowest BCUT2D eigenvalue weighted by atomic mass is 10.1. The predicted molar refractivity (Wildman–Crippen MR) is 101 cm³/mol. The van der Waals surface area contributed by atoms with Crippen LogP contribution in [0.2, 0.25) is 0 Å². The van der Waals surface area contributed by atoms with E-state index in [1.54, 1.807) is 0 Å². The zero-order valence-electron chi connectivity index (χ0n) is 16.5. The van der Waals surface area contributed by atoms with Gasteiger partial charge in [-0.15, -0.1) is 0 Å². The highest BCUT2D eigenvalue weighted by Crippen LogP contribution is 2.09. The van der Waals surface area contributed by atoms with Crippen LogP contribution in [0.4, 0.5) is 0 Å². The van der Waals surface area contributed by atoms with Gasteiger partial charge in [-0.2, -0.15) is 0 Å². The first-order valence-corrected chi connectivity index (χ1v) is 9.94. The summed E-state index contributed by atoms with van der Waals surface area (Å²) in [6.45, 7) is 6.20. The molecule has 0 saturated heterocycles. The molecular formula is C20H45N2+. The lowest BCUT2D eigenvalue weighted by Crippen LogP contribution is -2.35. The Hall–Kier alpha value is -0.0800. The van der Waals surface area contributed by atoms with Gasteiger partial charge in [0.1, 0.15) is 0 Å². The fourth-order valence-corrected chi connectivity index (χ4v) is 2.95. The third-order valence-electron chi connectivity index (χ3n) is 4.51. The Kier molecular flexibility index (Phi) is 14.5. The van der Waals surface area contributed by atoms with Crippen LogP contribution in [0.3, 0.4) is 0 Å². The molecule has 0 radical (unpaired) electrons. The quantitative estimate of drug-likeness (QED) is 0.275. The fraction of sp³-hybridized carbons (Fsp3) is 1.00. The van der Waals surface area contributed by atoms with Crippen molar-refractivity contribution in [3.8, 4) is 0 Å². The monoisotopic (exact) mass is 313 g/mol. The number of unbranched alkanes of at least 4 members (excludes halogenated alkanes) is 10. The molecule has 0 heterocycles. The number of hydrogen-bond acceptors (Lipinski definition) is 1. The van der Waals surface area contributed by atoms with Crippen LogP contribution in [0.5, 0.6) is 0 Å². The lowest BCUT2D eigenvalue weighted by Gasteiger charge is -2.23. The van der Waals surface area contributed by atoms with Gasteiger partial charge in [-0.25, -0.2) is 0 Å². The molecule has 2 nitrogen and oxygen atoms in total. The minimum Gasteiger partial charge on any atom is -0.331 e. The minimum absolute atomic E-state index is 1.11. The summed E-state index contributed by atoms with van der Waals surface area (Å²) in [5.41, 5.74) is 0. The van der Waals surface area contributed by atoms with Crippen LogP contribution in [0, 0.1) is 0 Å². The van der Waals surface area contributed by atoms with Gasteiger partial charge in [0.25, 0.3) is 0 Å². The molecule has 2 heteroatoms. The van der Waals surface area contributed by atoms with E-state index < -0.39 is 0 Å². The van der Waals surface area contributed by atoms with Crippen LogP contribution in [0.25, 0.3) is 0 Å². The van der Waals surface area contributed by atoms with Gasteiger partial charge in [0.2, 0.25) is 0 Å². The summed E-state index contributed by atoms with van der Waals surface area (Å²) in [5, 5.41) is 0. The molecule has 0 aromatic carbocycles. The van der Waals surface area contributed by atoms with Crippen molar-refractivity contribution >= 4 is 0 Å². The summed E-state index contributed by atoms with van der Waals surface area (Å²) in [4.78, 5) is 2.54. The largest absolute Gasteiger partial charge is 0.331 e. The molecule has 0 aliphatic rings. The molecular weight excluding hydrogens is 268 g/mol. The van der Waals surface area contributed by atoms with Gasteiger partial charge >= 0.3 is 0 Å². The summed E-state index contributed by atoms with van der Waals surface area (Å²) in [6.07, 6.45) is 17.0. The lowest BCUT2D eigenvalue weighted by molar-refractivity contribution is -0.870. The van der Waals surface area contributed by atoms with Gasteiger partial charge in [-0.1, -0.05) is 58.3 Å². The maximum absolute atomic E-state index is 2.54. The first kappa shape index (κ1) is 21.9. The Labute approximate surface area is 141 Å². The second kappa shape index (κ2) is 14.5. The third-order valence-corrected chi connectivity index (χ3v) is 4.51. The molecule has 0 spiro atoms. The molecule has 0 atom stereocenters. The van der Waals surface area contributed by atoms with E-state index in [4.69, 9.17) is 0 Å². The van der Waals surface area contributed by atoms with Gasteiger partial charge < -0.3 is 9.38 Å². The first-order valence-electron chi connectivity index (χ1n) is 9.94. The molecule has 22 heavy (non-hydrogen) atoms. The van der Waals surface area contributed by atoms with Gasteiger partial charge in [0, 0.05) is 0 Å². The Bertz CT molecular complexity index is 220. The van der Waals surface area contributed by atoms with E-state index in [1.165, 1.54) is 96.7 Å². The summed E-state index contributed by atoms with van der Waals surface area (Å²) in [5.74, 6) is 0. The highest BCUT2D eigenvalue weighted by atomic mass is 15.3. The average molecular weight is 314 g/mol. The molecule has 0 aliphatic carbocycles. The van der Waals surface area contributed by atoms with Crippen LogP contribution >= 0.6 is 0 Å². The molecule has 0 N–H and O–H groups in total. The van der Waals surface area contributed by atoms with Crippen molar-refractivity contribution in [3.63, 3.8) is 0 Å². The topological polar surface area (TPSA) is 3.24 Å². The van der Waals surface area contributed by atoms with Gasteiger partial charge in [0.15, 0.2) is 0 Å². The van der Waals surface area contributed by atoms with E-state index in [0.29, 0.717) is 0 Å². The van der Waals surface area contributed by atoms with Gasteiger partial charge in [-0.3, -0.25) is 0 Å². The molecule has 0 aliphatic heterocycles. The maximum Gasteiger partial charge on any atom is 0.0780 e. The van der Waals surface area contributed by atoms with E-state index in [2.05, 4.69) is 40.0 Å². The molecule has 0 unspecified atom stereocenters. The van der Waals surface area contributed by atoms with Crippen LogP contribution < -0.4 is 0 Å². The van der Waals surface area contributed by atoms with Crippen LogP contribution in [0.1, 0.15) is 84.0 Å². The Balaban J connectivity index is 3.21. The summed E-state index contributed by atoms with van der Waals surface area (Å²) in [7, 11) is 9.17. The number of nitrogens with zero attached hydrogens (tertiary/aromatic N) is 2. The highest BCUT2D eigenvalue weighted by molar-refractivity contribution is 4.54. The second-order valence-electron chi connectivity index (χ2n) is 8.21. The third kappa shape index (κ3) is 18.0. The van der Waals surface area contributed by atoms with E-state index in [0.717, 1.165) is 4.48 Å². The van der Waals surface area contributed by atoms with Crippen molar-refractivity contribution in [3.05, 3.63) is 0 Å². The summed E-state index contributed by atoms with van der Waals surface area (Å²) < 4.78 is 1.11. The van der Waals surface area contributed by atoms with E-state index >= 15 is 0 Å². The number of rotatable bonds is 16. The average Bonchev–Trinajstić information content (AvgIpc) is 2.44. The normalized spacial score (nSPS) is 12.3. The van der Waals surface area contributed by atoms with Gasteiger partial charge in [-0.05, 0) is 45.8 Å². The molecule has 0 aromatic rings. The first-order chi connectivity index (χ1) is 10.5. The smallest absolute Gasteiger partial charge is 0.0780 e. The molecule has 0 aromatic heterocycles. The van der Waals surface area contributed by atoms with Crippen LogP contribution in [-0.4, -0.2) is 57.2 Å². The van der Waals surface area contributed by atoms with Crippen molar-refractivity contribution in [2.75, 3.05) is 47.8 Å². The SMILES string of the molecule is CCCCCCCCCCN(C)CCCCCC[N+](C)(C)C. The van der Waals surface area contributed by atoms with Crippen molar-refractivity contribution in [2.24, 2.45) is 0 Å². The second-order valence-corrected chi connectivity index (χ2v) is 8.21. The molecule has 0 rings (SSSR count). The Morgan fingerprint density at radius 1 is 0.591 bits per heavy atom. The van der Waals surface area contributed by atoms with E-state index in [9.17, 15) is 0 Å². The fourth-order valence-electron chi connectivity index (χ4n) is 2.95. The van der Waals surface area contributed by atoms with Crippen LogP contribution in [0.15, 0.2) is 0 Å². The molecule has 0 fully saturated rings. The molecule has 134 valence electrons. The minimum atomic E-state index is 1.11. The molecule has 0 bridgehead atoms. The van der Waals surface area contributed by atoms with Crippen molar-refractivity contribution < 1.29 is 4.48 Å². The predicted octanol–water partition coefficient (Wildman–Crippen LogP) is 5.33. The van der Waals surface area contributed by atoms with Crippen molar-refractivity contribution in [2.45, 2.75) is 84.0 Å². The highest BCUT2D eigenvalue weighted by Gasteiger charge is 2.05. The van der Waals surface area contributed by atoms with Crippen LogP contribution in [-0.2, 0) is 0 Å². The Morgan fingerprint density at radius 2 is 1.00 bits per heavy atom. The zero-order valence-corrected chi connectivity index (χ0v) is 16.5. The van der Waals surface area contributed by atoms with E-state index in [-0.39, 0.29) is 0 Å². The molecule has 0 amide bonds. The molecule has 0 saturated carbocycles. The summed E-state index contributed by atoms with van der Waals surface area (Å²) in [6, 6.07) is 0. The standard InChI is InChI=1S/C20H45N2/c1-6-7-8-9-10-11-12-15-18-21(2)19-16-13-14-17-20-22(3,4)5/h6-20H2,1-5H3/q+1. The van der Waals surface area contributed by atoms with Gasteiger partial charge in [0.05, 0.1) is 27.7 Å². The van der Waals surface area contributed by atoms with Crippen molar-refractivity contribution in [1.82, 2.24) is 4.90 Å². The van der Waals surface area contributed by atoms with E-state index in [1.807, 2.05) is 0 Å². The Morgan fingerprint density at radius 3 is 1.45 bits per heavy atom. The zero-order chi connectivity index (χ0) is 16.7. The number of quaternary nitrogens is 1.